The first-order valence-corrected chi connectivity index (χ1v) is 7.88. The maximum Gasteiger partial charge on any atom is 0.319 e. The Morgan fingerprint density at radius 3 is 2.36 bits per heavy atom. The number of carbonyl (C=O) groups excluding carboxylic acids is 2. The molecule has 124 valence electrons. The van der Waals surface area contributed by atoms with Crippen LogP contribution in [0.1, 0.15) is 44.9 Å². The van der Waals surface area contributed by atoms with Gasteiger partial charge in [0.05, 0.1) is 6.10 Å². The zero-order chi connectivity index (χ0) is 16.2. The lowest BCUT2D eigenvalue weighted by atomic mass is 9.79. The van der Waals surface area contributed by atoms with Crippen LogP contribution in [0.15, 0.2) is 0 Å². The van der Waals surface area contributed by atoms with Crippen LogP contribution in [0, 0.1) is 5.41 Å². The number of carbonyl (C=O) groups is 3. The normalized spacial score (nSPS) is 24.7. The molecule has 1 saturated heterocycles. The molecule has 2 amide bonds. The zero-order valence-electron chi connectivity index (χ0n) is 12.8. The van der Waals surface area contributed by atoms with Crippen molar-refractivity contribution in [2.45, 2.75) is 51.0 Å². The van der Waals surface area contributed by atoms with Crippen LogP contribution in [0.3, 0.4) is 0 Å². The molecule has 0 spiro atoms. The lowest BCUT2D eigenvalue weighted by Crippen LogP contribution is -2.48. The molecule has 22 heavy (non-hydrogen) atoms. The van der Waals surface area contributed by atoms with Crippen molar-refractivity contribution in [1.29, 1.82) is 0 Å². The Bertz CT molecular complexity index is 443. The first-order chi connectivity index (χ1) is 10.5. The molecule has 7 heteroatoms. The molecular formula is C15H24N2O5. The number of rotatable bonds is 5. The van der Waals surface area contributed by atoms with Gasteiger partial charge in [-0.25, -0.2) is 0 Å². The van der Waals surface area contributed by atoms with Crippen molar-refractivity contribution in [3.63, 3.8) is 0 Å². The molecular weight excluding hydrogens is 288 g/mol. The minimum Gasteiger partial charge on any atom is -0.480 e. The summed E-state index contributed by atoms with van der Waals surface area (Å²) in [5, 5.41) is 9.65. The molecule has 0 bridgehead atoms. The summed E-state index contributed by atoms with van der Waals surface area (Å²) in [5.41, 5.74) is 3.76. The fourth-order valence-electron chi connectivity index (χ4n) is 3.40. The van der Waals surface area contributed by atoms with Crippen molar-refractivity contribution in [3.8, 4) is 0 Å². The summed E-state index contributed by atoms with van der Waals surface area (Å²) >= 11 is 0. The summed E-state index contributed by atoms with van der Waals surface area (Å²) in [4.78, 5) is 36.9. The number of carboxylic acid groups (broad SMARTS) is 1. The Hall–Kier alpha value is -1.63. The van der Waals surface area contributed by atoms with Crippen molar-refractivity contribution in [3.05, 3.63) is 0 Å². The Labute approximate surface area is 129 Å². The summed E-state index contributed by atoms with van der Waals surface area (Å²) in [7, 11) is 0. The van der Waals surface area contributed by atoms with E-state index in [1.54, 1.807) is 4.90 Å². The Morgan fingerprint density at radius 2 is 1.82 bits per heavy atom. The number of carboxylic acids is 1. The molecule has 1 aliphatic carbocycles. The summed E-state index contributed by atoms with van der Waals surface area (Å²) < 4.78 is 5.33. The van der Waals surface area contributed by atoms with Crippen LogP contribution < -0.4 is 5.73 Å². The van der Waals surface area contributed by atoms with E-state index in [1.165, 1.54) is 0 Å². The van der Waals surface area contributed by atoms with Crippen LogP contribution in [-0.2, 0) is 19.1 Å². The Kier molecular flexibility index (Phi) is 5.39. The van der Waals surface area contributed by atoms with E-state index in [4.69, 9.17) is 10.5 Å². The van der Waals surface area contributed by atoms with Crippen molar-refractivity contribution in [2.75, 3.05) is 19.7 Å². The van der Waals surface area contributed by atoms with Gasteiger partial charge in [-0.1, -0.05) is 25.7 Å². The fourth-order valence-corrected chi connectivity index (χ4v) is 3.40. The van der Waals surface area contributed by atoms with E-state index < -0.39 is 17.3 Å². The predicted octanol–water partition coefficient (Wildman–Crippen LogP) is 0.514. The summed E-state index contributed by atoms with van der Waals surface area (Å²) in [6, 6.07) is 0. The van der Waals surface area contributed by atoms with E-state index in [-0.39, 0.29) is 18.6 Å². The molecule has 0 radical (unpaired) electrons. The molecule has 0 aromatic rings. The van der Waals surface area contributed by atoms with Gasteiger partial charge in [-0.05, 0) is 19.3 Å². The molecule has 1 heterocycles. The van der Waals surface area contributed by atoms with E-state index in [2.05, 4.69) is 0 Å². The average Bonchev–Trinajstić information content (AvgIpc) is 2.80. The van der Waals surface area contributed by atoms with Gasteiger partial charge in [0.25, 0.3) is 0 Å². The molecule has 1 atom stereocenters. The Morgan fingerprint density at radius 1 is 1.18 bits per heavy atom. The first kappa shape index (κ1) is 16.7. The lowest BCUT2D eigenvalue weighted by molar-refractivity contribution is -0.161. The minimum absolute atomic E-state index is 0.170. The fraction of sp³-hybridized carbons (Fsp3) is 0.800. The summed E-state index contributed by atoms with van der Waals surface area (Å²) in [6.07, 6.45) is 4.68. The van der Waals surface area contributed by atoms with Gasteiger partial charge in [0.15, 0.2) is 0 Å². The molecule has 7 nitrogen and oxygen atoms in total. The molecule has 1 unspecified atom stereocenters. The van der Waals surface area contributed by atoms with Gasteiger partial charge in [-0.3, -0.25) is 14.4 Å². The van der Waals surface area contributed by atoms with Crippen LogP contribution in [0.25, 0.3) is 0 Å². The smallest absolute Gasteiger partial charge is 0.319 e. The van der Waals surface area contributed by atoms with Crippen molar-refractivity contribution >= 4 is 17.8 Å². The number of primary amides is 1. The number of nitrogens with two attached hydrogens (primary N) is 1. The quantitative estimate of drug-likeness (QED) is 0.568. The van der Waals surface area contributed by atoms with Gasteiger partial charge in [0.1, 0.15) is 12.0 Å². The van der Waals surface area contributed by atoms with Gasteiger partial charge < -0.3 is 20.5 Å². The van der Waals surface area contributed by atoms with Gasteiger partial charge in [-0.15, -0.1) is 0 Å². The van der Waals surface area contributed by atoms with Crippen molar-refractivity contribution < 1.29 is 24.2 Å². The van der Waals surface area contributed by atoms with Crippen LogP contribution >= 0.6 is 0 Å². The second kappa shape index (κ2) is 7.09. The minimum atomic E-state index is -1.28. The third kappa shape index (κ3) is 3.58. The van der Waals surface area contributed by atoms with Crippen LogP contribution in [0.5, 0.6) is 0 Å². The van der Waals surface area contributed by atoms with E-state index in [0.29, 0.717) is 32.4 Å². The van der Waals surface area contributed by atoms with Crippen LogP contribution in [-0.4, -0.2) is 53.6 Å². The molecule has 2 rings (SSSR count). The van der Waals surface area contributed by atoms with Crippen molar-refractivity contribution in [2.24, 2.45) is 11.1 Å². The molecule has 0 aromatic carbocycles. The zero-order valence-corrected chi connectivity index (χ0v) is 12.8. The number of aliphatic carboxylic acids is 1. The highest BCUT2D eigenvalue weighted by atomic mass is 16.5. The van der Waals surface area contributed by atoms with Gasteiger partial charge in [0, 0.05) is 13.1 Å². The van der Waals surface area contributed by atoms with Gasteiger partial charge >= 0.3 is 5.97 Å². The molecule has 2 fully saturated rings. The van der Waals surface area contributed by atoms with Crippen molar-refractivity contribution in [1.82, 2.24) is 4.90 Å². The predicted molar refractivity (Wildman–Crippen MR) is 77.9 cm³/mol. The second-order valence-electron chi connectivity index (χ2n) is 6.24. The number of amides is 2. The highest BCUT2D eigenvalue weighted by Gasteiger charge is 2.49. The largest absolute Gasteiger partial charge is 0.480 e. The summed E-state index contributed by atoms with van der Waals surface area (Å²) in [6.45, 7) is 0.634. The number of ether oxygens (including phenoxy) is 1. The standard InChI is InChI=1S/C15H24N2O5/c16-12(18)10-22-11-5-8-17(9-11)13(19)15(14(20)21)6-3-1-2-4-7-15/h11H,1-10H2,(H2,16,18)(H,20,21). The molecule has 2 aliphatic rings. The highest BCUT2D eigenvalue weighted by Crippen LogP contribution is 2.38. The monoisotopic (exact) mass is 312 g/mol. The topological polar surface area (TPSA) is 110 Å². The van der Waals surface area contributed by atoms with Crippen LogP contribution in [0.4, 0.5) is 0 Å². The van der Waals surface area contributed by atoms with E-state index in [1.807, 2.05) is 0 Å². The van der Waals surface area contributed by atoms with Crippen LogP contribution in [0.2, 0.25) is 0 Å². The maximum atomic E-state index is 12.8. The average molecular weight is 312 g/mol. The summed E-state index contributed by atoms with van der Waals surface area (Å²) in [5.74, 6) is -1.86. The lowest BCUT2D eigenvalue weighted by Gasteiger charge is -2.31. The SMILES string of the molecule is NC(=O)COC1CCN(C(=O)C2(C(=O)O)CCCCCC2)C1. The number of hydrogen-bond acceptors (Lipinski definition) is 4. The molecule has 1 saturated carbocycles. The van der Waals surface area contributed by atoms with E-state index in [0.717, 1.165) is 25.7 Å². The number of likely N-dealkylation sites (tertiary alicyclic amines) is 1. The van der Waals surface area contributed by atoms with E-state index >= 15 is 0 Å². The molecule has 0 aromatic heterocycles. The maximum absolute atomic E-state index is 12.8. The molecule has 3 N–H and O–H groups in total. The third-order valence-corrected chi connectivity index (χ3v) is 4.67. The molecule has 1 aliphatic heterocycles. The van der Waals surface area contributed by atoms with Gasteiger partial charge in [0.2, 0.25) is 11.8 Å². The van der Waals surface area contributed by atoms with Gasteiger partial charge in [-0.2, -0.15) is 0 Å². The Balaban J connectivity index is 2.02. The highest BCUT2D eigenvalue weighted by molar-refractivity contribution is 6.02. The third-order valence-electron chi connectivity index (χ3n) is 4.67. The van der Waals surface area contributed by atoms with E-state index in [9.17, 15) is 19.5 Å². The second-order valence-corrected chi connectivity index (χ2v) is 6.24. The number of nitrogens with zero attached hydrogens (tertiary/aromatic N) is 1. The first-order valence-electron chi connectivity index (χ1n) is 7.88. The number of hydrogen-bond donors (Lipinski definition) is 2.